The SMILES string of the molecule is CSCC[C@H](N)CN. The summed E-state index contributed by atoms with van der Waals surface area (Å²) in [4.78, 5) is 0. The van der Waals surface area contributed by atoms with E-state index in [9.17, 15) is 0 Å². The van der Waals surface area contributed by atoms with E-state index in [4.69, 9.17) is 11.5 Å². The monoisotopic (exact) mass is 134 g/mol. The standard InChI is InChI=1S/C5H14N2S/c1-8-3-2-5(7)4-6/h5H,2-4,6-7H2,1H3/t5-/m0/s1. The van der Waals surface area contributed by atoms with Crippen molar-refractivity contribution in [3.8, 4) is 0 Å². The Morgan fingerprint density at radius 3 is 2.62 bits per heavy atom. The first kappa shape index (κ1) is 8.27. The molecular formula is C5H14N2S. The van der Waals surface area contributed by atoms with Crippen LogP contribution in [0.2, 0.25) is 0 Å². The van der Waals surface area contributed by atoms with Crippen molar-refractivity contribution in [3.63, 3.8) is 0 Å². The Morgan fingerprint density at radius 2 is 2.25 bits per heavy atom. The van der Waals surface area contributed by atoms with Crippen LogP contribution in [0.25, 0.3) is 0 Å². The topological polar surface area (TPSA) is 52.0 Å². The van der Waals surface area contributed by atoms with Gasteiger partial charge >= 0.3 is 0 Å². The van der Waals surface area contributed by atoms with Crippen LogP contribution in [0.5, 0.6) is 0 Å². The fraction of sp³-hybridized carbons (Fsp3) is 1.00. The van der Waals surface area contributed by atoms with Gasteiger partial charge in [0.15, 0.2) is 0 Å². The molecule has 0 bridgehead atoms. The number of nitrogens with two attached hydrogens (primary N) is 2. The molecule has 0 aliphatic carbocycles. The van der Waals surface area contributed by atoms with Crippen LogP contribution >= 0.6 is 11.8 Å². The maximum absolute atomic E-state index is 5.52. The summed E-state index contributed by atoms with van der Waals surface area (Å²) in [6, 6.07) is 0.211. The van der Waals surface area contributed by atoms with Crippen molar-refractivity contribution in [3.05, 3.63) is 0 Å². The van der Waals surface area contributed by atoms with Gasteiger partial charge in [-0.15, -0.1) is 0 Å². The van der Waals surface area contributed by atoms with Crippen LogP contribution in [0, 0.1) is 0 Å². The summed E-state index contributed by atoms with van der Waals surface area (Å²) < 4.78 is 0. The van der Waals surface area contributed by atoms with Crippen LogP contribution in [-0.4, -0.2) is 24.6 Å². The molecule has 0 fully saturated rings. The summed E-state index contributed by atoms with van der Waals surface area (Å²) in [6.07, 6.45) is 3.11. The molecule has 4 N–H and O–H groups in total. The van der Waals surface area contributed by atoms with Crippen LogP contribution < -0.4 is 11.5 Å². The average Bonchev–Trinajstić information content (AvgIpc) is 1.83. The highest BCUT2D eigenvalue weighted by atomic mass is 32.2. The Morgan fingerprint density at radius 1 is 1.62 bits per heavy atom. The van der Waals surface area contributed by atoms with Crippen molar-refractivity contribution in [2.45, 2.75) is 12.5 Å². The summed E-state index contributed by atoms with van der Waals surface area (Å²) in [6.45, 7) is 0.612. The highest BCUT2D eigenvalue weighted by Gasteiger charge is 1.95. The second kappa shape index (κ2) is 5.41. The number of hydrogen-bond donors (Lipinski definition) is 2. The van der Waals surface area contributed by atoms with Crippen molar-refractivity contribution < 1.29 is 0 Å². The number of hydrogen-bond acceptors (Lipinski definition) is 3. The zero-order valence-electron chi connectivity index (χ0n) is 5.26. The largest absolute Gasteiger partial charge is 0.329 e. The third-order valence-electron chi connectivity index (χ3n) is 0.996. The predicted octanol–water partition coefficient (Wildman–Crippen LogP) is 0.0255. The van der Waals surface area contributed by atoms with Gasteiger partial charge in [-0.1, -0.05) is 0 Å². The number of rotatable bonds is 4. The molecular weight excluding hydrogens is 120 g/mol. The molecule has 8 heavy (non-hydrogen) atoms. The Hall–Kier alpha value is 0.270. The lowest BCUT2D eigenvalue weighted by Crippen LogP contribution is -2.29. The molecule has 0 rings (SSSR count). The van der Waals surface area contributed by atoms with E-state index < -0.39 is 0 Å². The molecule has 50 valence electrons. The second-order valence-corrected chi connectivity index (χ2v) is 2.76. The highest BCUT2D eigenvalue weighted by molar-refractivity contribution is 7.98. The lowest BCUT2D eigenvalue weighted by molar-refractivity contribution is 0.665. The summed E-state index contributed by atoms with van der Waals surface area (Å²) >= 11 is 1.81. The van der Waals surface area contributed by atoms with Crippen molar-refractivity contribution in [1.29, 1.82) is 0 Å². The summed E-state index contributed by atoms with van der Waals surface area (Å²) in [7, 11) is 0. The van der Waals surface area contributed by atoms with Gasteiger partial charge in [-0.2, -0.15) is 11.8 Å². The first-order chi connectivity index (χ1) is 3.81. The Bertz CT molecular complexity index is 49.7. The first-order valence-electron chi connectivity index (χ1n) is 2.76. The molecule has 0 saturated heterocycles. The average molecular weight is 134 g/mol. The predicted molar refractivity (Wildman–Crippen MR) is 40.0 cm³/mol. The molecule has 1 atom stereocenters. The Labute approximate surface area is 55.0 Å². The van der Waals surface area contributed by atoms with Gasteiger partial charge < -0.3 is 11.5 Å². The molecule has 0 aliphatic heterocycles. The molecule has 0 aromatic heterocycles. The van der Waals surface area contributed by atoms with E-state index in [0.29, 0.717) is 6.54 Å². The van der Waals surface area contributed by atoms with Gasteiger partial charge in [0.1, 0.15) is 0 Å². The first-order valence-corrected chi connectivity index (χ1v) is 4.15. The molecule has 0 saturated carbocycles. The van der Waals surface area contributed by atoms with E-state index >= 15 is 0 Å². The Kier molecular flexibility index (Phi) is 5.59. The smallest absolute Gasteiger partial charge is 0.0170 e. The van der Waals surface area contributed by atoms with E-state index in [2.05, 4.69) is 6.26 Å². The summed E-state index contributed by atoms with van der Waals surface area (Å²) in [5.41, 5.74) is 10.8. The zero-order valence-corrected chi connectivity index (χ0v) is 6.08. The van der Waals surface area contributed by atoms with Crippen molar-refractivity contribution in [1.82, 2.24) is 0 Å². The second-order valence-electron chi connectivity index (χ2n) is 1.78. The van der Waals surface area contributed by atoms with Gasteiger partial charge in [0.25, 0.3) is 0 Å². The van der Waals surface area contributed by atoms with Gasteiger partial charge in [-0.3, -0.25) is 0 Å². The van der Waals surface area contributed by atoms with Crippen LogP contribution in [-0.2, 0) is 0 Å². The van der Waals surface area contributed by atoms with Crippen LogP contribution in [0.1, 0.15) is 6.42 Å². The van der Waals surface area contributed by atoms with Crippen molar-refractivity contribution in [2.24, 2.45) is 11.5 Å². The Balaban J connectivity index is 2.86. The molecule has 0 unspecified atom stereocenters. The minimum absolute atomic E-state index is 0.211. The molecule has 2 nitrogen and oxygen atoms in total. The van der Waals surface area contributed by atoms with E-state index in [0.717, 1.165) is 12.2 Å². The van der Waals surface area contributed by atoms with E-state index in [-0.39, 0.29) is 6.04 Å². The maximum atomic E-state index is 5.52. The van der Waals surface area contributed by atoms with Gasteiger partial charge in [0, 0.05) is 12.6 Å². The van der Waals surface area contributed by atoms with Gasteiger partial charge in [-0.05, 0) is 18.4 Å². The van der Waals surface area contributed by atoms with Gasteiger partial charge in [-0.25, -0.2) is 0 Å². The van der Waals surface area contributed by atoms with Gasteiger partial charge in [0.05, 0.1) is 0 Å². The lowest BCUT2D eigenvalue weighted by atomic mass is 10.2. The van der Waals surface area contributed by atoms with Crippen LogP contribution in [0.4, 0.5) is 0 Å². The number of thioether (sulfide) groups is 1. The van der Waals surface area contributed by atoms with Crippen LogP contribution in [0.3, 0.4) is 0 Å². The van der Waals surface area contributed by atoms with E-state index in [1.807, 2.05) is 11.8 Å². The summed E-state index contributed by atoms with van der Waals surface area (Å²) in [5, 5.41) is 0. The van der Waals surface area contributed by atoms with Crippen molar-refractivity contribution in [2.75, 3.05) is 18.6 Å². The zero-order chi connectivity index (χ0) is 6.41. The fourth-order valence-corrected chi connectivity index (χ4v) is 0.926. The molecule has 0 heterocycles. The van der Waals surface area contributed by atoms with Crippen molar-refractivity contribution >= 4 is 11.8 Å². The van der Waals surface area contributed by atoms with E-state index in [1.54, 1.807) is 0 Å². The molecule has 0 aliphatic rings. The molecule has 0 radical (unpaired) electrons. The molecule has 0 amide bonds. The summed E-state index contributed by atoms with van der Waals surface area (Å²) in [5.74, 6) is 1.12. The minimum Gasteiger partial charge on any atom is -0.329 e. The quantitative estimate of drug-likeness (QED) is 0.570. The molecule has 3 heteroatoms. The highest BCUT2D eigenvalue weighted by Crippen LogP contribution is 1.96. The normalized spacial score (nSPS) is 13.9. The molecule has 0 aromatic rings. The fourth-order valence-electron chi connectivity index (χ4n) is 0.387. The third-order valence-corrected chi connectivity index (χ3v) is 1.64. The van der Waals surface area contributed by atoms with E-state index in [1.165, 1.54) is 0 Å². The van der Waals surface area contributed by atoms with Gasteiger partial charge in [0.2, 0.25) is 0 Å². The third kappa shape index (κ3) is 4.43. The molecule has 0 spiro atoms. The minimum atomic E-state index is 0.211. The molecule has 0 aromatic carbocycles. The maximum Gasteiger partial charge on any atom is 0.0170 e. The van der Waals surface area contributed by atoms with Crippen LogP contribution in [0.15, 0.2) is 0 Å². The lowest BCUT2D eigenvalue weighted by Gasteiger charge is -2.04.